The molecule has 1 saturated heterocycles. The highest BCUT2D eigenvalue weighted by molar-refractivity contribution is 5.87. The Balaban J connectivity index is 1.96. The standard InChI is InChI=1S/C20H26O11/c1-3-28-11(21)5-4-9-8-10-6-7-29-15(10)18(27-2)16(9)30-20-14(24)12(22)13(23)17(31-20)19(25)26/h6-8,12-14,17,19-20,22-26H,3-5H2,1-2H3/t12-,13-,14+,17-,20+/m0/s1. The Hall–Kier alpha value is -2.41. The summed E-state index contributed by atoms with van der Waals surface area (Å²) in [6, 6.07) is 3.40. The highest BCUT2D eigenvalue weighted by Crippen LogP contribution is 2.41. The highest BCUT2D eigenvalue weighted by atomic mass is 16.7. The minimum atomic E-state index is -2.14. The molecule has 0 radical (unpaired) electrons. The van der Waals surface area contributed by atoms with Gasteiger partial charge in [-0.1, -0.05) is 0 Å². The van der Waals surface area contributed by atoms with Crippen LogP contribution in [0.5, 0.6) is 11.5 Å². The summed E-state index contributed by atoms with van der Waals surface area (Å²) in [7, 11) is 1.37. The lowest BCUT2D eigenvalue weighted by Gasteiger charge is -2.40. The molecule has 1 fully saturated rings. The fourth-order valence-electron chi connectivity index (χ4n) is 3.42. The summed E-state index contributed by atoms with van der Waals surface area (Å²) >= 11 is 0. The van der Waals surface area contributed by atoms with Gasteiger partial charge in [0.05, 0.1) is 20.0 Å². The van der Waals surface area contributed by atoms with E-state index < -0.39 is 43.0 Å². The first-order chi connectivity index (χ1) is 14.8. The molecule has 0 spiro atoms. The van der Waals surface area contributed by atoms with Gasteiger partial charge in [-0.25, -0.2) is 0 Å². The van der Waals surface area contributed by atoms with Crippen LogP contribution in [0, 0.1) is 0 Å². The Labute approximate surface area is 177 Å². The summed E-state index contributed by atoms with van der Waals surface area (Å²) in [6.45, 7) is 1.93. The van der Waals surface area contributed by atoms with Crippen molar-refractivity contribution in [2.75, 3.05) is 13.7 Å². The van der Waals surface area contributed by atoms with Crippen molar-refractivity contribution in [3.8, 4) is 11.5 Å². The Bertz CT molecular complexity index is 893. The van der Waals surface area contributed by atoms with Gasteiger partial charge in [0.15, 0.2) is 17.6 Å². The molecular formula is C20H26O11. The number of esters is 1. The molecule has 172 valence electrons. The Morgan fingerprint density at radius 1 is 1.16 bits per heavy atom. The molecule has 0 saturated carbocycles. The van der Waals surface area contributed by atoms with Gasteiger partial charge in [0, 0.05) is 11.8 Å². The lowest BCUT2D eigenvalue weighted by molar-refractivity contribution is -0.310. The van der Waals surface area contributed by atoms with Gasteiger partial charge >= 0.3 is 5.97 Å². The number of methoxy groups -OCH3 is 1. The third-order valence-electron chi connectivity index (χ3n) is 4.97. The van der Waals surface area contributed by atoms with Crippen LogP contribution in [0.2, 0.25) is 0 Å². The molecule has 1 aliphatic heterocycles. The maximum Gasteiger partial charge on any atom is 0.306 e. The minimum Gasteiger partial charge on any atom is -0.490 e. The van der Waals surface area contributed by atoms with Gasteiger partial charge in [0.2, 0.25) is 12.0 Å². The minimum absolute atomic E-state index is 0.0319. The van der Waals surface area contributed by atoms with Gasteiger partial charge in [0.25, 0.3) is 0 Å². The van der Waals surface area contributed by atoms with E-state index in [0.29, 0.717) is 16.5 Å². The zero-order chi connectivity index (χ0) is 22.7. The first-order valence-electron chi connectivity index (χ1n) is 9.73. The molecule has 0 unspecified atom stereocenters. The Morgan fingerprint density at radius 2 is 1.90 bits per heavy atom. The second-order valence-corrected chi connectivity index (χ2v) is 7.01. The zero-order valence-electron chi connectivity index (χ0n) is 17.0. The molecule has 2 heterocycles. The maximum absolute atomic E-state index is 11.8. The summed E-state index contributed by atoms with van der Waals surface area (Å²) in [6.07, 6.45) is -8.95. The van der Waals surface area contributed by atoms with Gasteiger partial charge < -0.3 is 48.9 Å². The number of benzene rings is 1. The number of carbonyl (C=O) groups is 1. The van der Waals surface area contributed by atoms with E-state index in [0.717, 1.165) is 0 Å². The van der Waals surface area contributed by atoms with Crippen LogP contribution in [0.15, 0.2) is 22.8 Å². The molecular weight excluding hydrogens is 416 g/mol. The maximum atomic E-state index is 11.8. The predicted octanol–water partition coefficient (Wildman–Crippen LogP) is -0.566. The molecule has 0 aliphatic carbocycles. The van der Waals surface area contributed by atoms with Crippen LogP contribution in [0.4, 0.5) is 0 Å². The molecule has 5 atom stereocenters. The SMILES string of the molecule is CCOC(=O)CCc1cc2ccoc2c(OC)c1O[C@@H]1O[C@H](C(O)O)[C@@H](O)[C@H](O)[C@H]1O. The van der Waals surface area contributed by atoms with Crippen molar-refractivity contribution in [3.63, 3.8) is 0 Å². The number of hydrogen-bond donors (Lipinski definition) is 5. The van der Waals surface area contributed by atoms with Gasteiger partial charge in [-0.2, -0.15) is 0 Å². The van der Waals surface area contributed by atoms with Crippen LogP contribution in [0.25, 0.3) is 11.0 Å². The highest BCUT2D eigenvalue weighted by Gasteiger charge is 2.47. The molecule has 5 N–H and O–H groups in total. The topological polar surface area (TPSA) is 168 Å². The van der Waals surface area contributed by atoms with E-state index in [-0.39, 0.29) is 30.9 Å². The third kappa shape index (κ3) is 4.76. The van der Waals surface area contributed by atoms with Crippen molar-refractivity contribution in [2.45, 2.75) is 56.8 Å². The normalized spacial score (nSPS) is 26.3. The summed E-state index contributed by atoms with van der Waals surface area (Å²) in [5, 5.41) is 49.9. The van der Waals surface area contributed by atoms with Gasteiger partial charge in [-0.15, -0.1) is 0 Å². The quantitative estimate of drug-likeness (QED) is 0.262. The summed E-state index contributed by atoms with van der Waals surface area (Å²) < 4.78 is 26.9. The molecule has 1 aromatic heterocycles. The van der Waals surface area contributed by atoms with Crippen molar-refractivity contribution in [1.82, 2.24) is 0 Å². The first-order valence-corrected chi connectivity index (χ1v) is 9.73. The number of aliphatic hydroxyl groups is 5. The van der Waals surface area contributed by atoms with Crippen molar-refractivity contribution in [3.05, 3.63) is 24.0 Å². The lowest BCUT2D eigenvalue weighted by atomic mass is 9.98. The van der Waals surface area contributed by atoms with Crippen LogP contribution in [0.1, 0.15) is 18.9 Å². The van der Waals surface area contributed by atoms with E-state index in [1.807, 2.05) is 0 Å². The van der Waals surface area contributed by atoms with Crippen molar-refractivity contribution < 1.29 is 53.7 Å². The molecule has 11 heteroatoms. The number of fused-ring (bicyclic) bond motifs is 1. The number of hydrogen-bond acceptors (Lipinski definition) is 11. The third-order valence-corrected chi connectivity index (χ3v) is 4.97. The molecule has 31 heavy (non-hydrogen) atoms. The van der Waals surface area contributed by atoms with Crippen molar-refractivity contribution in [2.24, 2.45) is 0 Å². The Morgan fingerprint density at radius 3 is 2.55 bits per heavy atom. The van der Waals surface area contributed by atoms with Crippen molar-refractivity contribution in [1.29, 1.82) is 0 Å². The molecule has 0 amide bonds. The van der Waals surface area contributed by atoms with Gasteiger partial charge in [-0.05, 0) is 31.0 Å². The van der Waals surface area contributed by atoms with E-state index >= 15 is 0 Å². The monoisotopic (exact) mass is 442 g/mol. The number of carbonyl (C=O) groups excluding carboxylic acids is 1. The second kappa shape index (κ2) is 9.81. The average molecular weight is 442 g/mol. The molecule has 2 aromatic rings. The van der Waals surface area contributed by atoms with E-state index in [9.17, 15) is 30.3 Å². The van der Waals surface area contributed by atoms with Crippen LogP contribution >= 0.6 is 0 Å². The zero-order valence-corrected chi connectivity index (χ0v) is 17.0. The number of aliphatic hydroxyl groups excluding tert-OH is 4. The van der Waals surface area contributed by atoms with Crippen LogP contribution in [-0.2, 0) is 20.7 Å². The molecule has 1 aromatic carbocycles. The van der Waals surface area contributed by atoms with E-state index in [4.69, 9.17) is 23.4 Å². The summed E-state index contributed by atoms with van der Waals surface area (Å²) in [5.74, 6) is -0.206. The van der Waals surface area contributed by atoms with Crippen LogP contribution < -0.4 is 9.47 Å². The second-order valence-electron chi connectivity index (χ2n) is 7.01. The number of furan rings is 1. The predicted molar refractivity (Wildman–Crippen MR) is 103 cm³/mol. The molecule has 1 aliphatic rings. The van der Waals surface area contributed by atoms with Crippen LogP contribution in [-0.4, -0.2) is 82.2 Å². The molecule has 3 rings (SSSR count). The smallest absolute Gasteiger partial charge is 0.306 e. The lowest BCUT2D eigenvalue weighted by Crippen LogP contribution is -2.62. The summed E-state index contributed by atoms with van der Waals surface area (Å²) in [4.78, 5) is 11.8. The van der Waals surface area contributed by atoms with E-state index in [2.05, 4.69) is 0 Å². The van der Waals surface area contributed by atoms with E-state index in [1.165, 1.54) is 13.4 Å². The van der Waals surface area contributed by atoms with Gasteiger partial charge in [-0.3, -0.25) is 4.79 Å². The fourth-order valence-corrected chi connectivity index (χ4v) is 3.42. The van der Waals surface area contributed by atoms with Crippen molar-refractivity contribution >= 4 is 16.9 Å². The first kappa shape index (κ1) is 23.3. The Kier molecular flexibility index (Phi) is 7.36. The fraction of sp³-hybridized carbons (Fsp3) is 0.550. The summed E-state index contributed by atoms with van der Waals surface area (Å²) in [5.41, 5.74) is 0.832. The van der Waals surface area contributed by atoms with Gasteiger partial charge in [0.1, 0.15) is 24.4 Å². The number of ether oxygens (including phenoxy) is 4. The molecule has 0 bridgehead atoms. The largest absolute Gasteiger partial charge is 0.490 e. The van der Waals surface area contributed by atoms with Crippen LogP contribution in [0.3, 0.4) is 0 Å². The molecule has 11 nitrogen and oxygen atoms in total. The number of aryl methyl sites for hydroxylation is 1. The number of rotatable bonds is 8. The van der Waals surface area contributed by atoms with E-state index in [1.54, 1.807) is 19.1 Å². The average Bonchev–Trinajstić information content (AvgIpc) is 3.20.